The van der Waals surface area contributed by atoms with E-state index in [0.717, 1.165) is 0 Å². The largest absolute Gasteiger partial charge is 0.402 e. The van der Waals surface area contributed by atoms with E-state index in [2.05, 4.69) is 10.3 Å². The molecule has 0 saturated carbocycles. The maximum absolute atomic E-state index is 13.7. The van der Waals surface area contributed by atoms with Gasteiger partial charge in [-0.25, -0.2) is 4.98 Å². The first kappa shape index (κ1) is 14.3. The number of rotatable bonds is 3. The average Bonchev–Trinajstić information content (AvgIpc) is 3.04. The van der Waals surface area contributed by atoms with Gasteiger partial charge in [-0.1, -0.05) is 12.1 Å². The number of aliphatic hydroxyl groups excluding tert-OH is 1. The Balaban J connectivity index is 2.25. The molecule has 1 atom stereocenters. The number of nitrogens with one attached hydrogen (secondary N) is 1. The first-order valence-electron chi connectivity index (χ1n) is 6.84. The zero-order chi connectivity index (χ0) is 15.1. The SMILES string of the molecule is OCCn1c(C2(C(F)(F)F)CCNC2)nc2ccccc21. The maximum Gasteiger partial charge on any atom is 0.402 e. The molecule has 0 aliphatic carbocycles. The summed E-state index contributed by atoms with van der Waals surface area (Å²) in [7, 11) is 0. The Labute approximate surface area is 119 Å². The van der Waals surface area contributed by atoms with Gasteiger partial charge in [0.2, 0.25) is 0 Å². The van der Waals surface area contributed by atoms with E-state index in [1.807, 2.05) is 0 Å². The standard InChI is InChI=1S/C14H16F3N3O/c15-14(16,17)13(5-6-18-9-13)12-19-10-3-1-2-4-11(10)20(12)7-8-21/h1-4,18,21H,5-9H2. The molecule has 1 aliphatic rings. The van der Waals surface area contributed by atoms with Crippen LogP contribution in [0.2, 0.25) is 0 Å². The lowest BCUT2D eigenvalue weighted by molar-refractivity contribution is -0.187. The monoisotopic (exact) mass is 299 g/mol. The molecule has 3 rings (SSSR count). The van der Waals surface area contributed by atoms with Crippen molar-refractivity contribution in [3.05, 3.63) is 30.1 Å². The average molecular weight is 299 g/mol. The van der Waals surface area contributed by atoms with Crippen LogP contribution in [0.1, 0.15) is 12.2 Å². The Morgan fingerprint density at radius 1 is 1.33 bits per heavy atom. The number of para-hydroxylation sites is 2. The molecule has 2 N–H and O–H groups in total. The van der Waals surface area contributed by atoms with Gasteiger partial charge in [-0.3, -0.25) is 0 Å². The maximum atomic E-state index is 13.7. The number of alkyl halides is 3. The van der Waals surface area contributed by atoms with Crippen LogP contribution in [0.25, 0.3) is 11.0 Å². The normalized spacial score (nSPS) is 23.0. The number of hydrogen-bond donors (Lipinski definition) is 2. The Kier molecular flexibility index (Phi) is 3.41. The molecule has 0 radical (unpaired) electrons. The second-order valence-corrected chi connectivity index (χ2v) is 5.31. The number of aliphatic hydroxyl groups is 1. The van der Waals surface area contributed by atoms with E-state index in [-0.39, 0.29) is 31.9 Å². The lowest BCUT2D eigenvalue weighted by Crippen LogP contribution is -2.46. The fourth-order valence-corrected chi connectivity index (χ4v) is 3.02. The van der Waals surface area contributed by atoms with Crippen molar-refractivity contribution < 1.29 is 18.3 Å². The van der Waals surface area contributed by atoms with Crippen LogP contribution in [0.4, 0.5) is 13.2 Å². The zero-order valence-corrected chi connectivity index (χ0v) is 11.3. The molecule has 1 saturated heterocycles. The predicted octanol–water partition coefficient (Wildman–Crippen LogP) is 1.82. The molecule has 1 unspecified atom stereocenters. The van der Waals surface area contributed by atoms with Crippen LogP contribution < -0.4 is 5.32 Å². The van der Waals surface area contributed by atoms with E-state index in [0.29, 0.717) is 17.6 Å². The molecule has 0 amide bonds. The molecule has 1 fully saturated rings. The zero-order valence-electron chi connectivity index (χ0n) is 11.3. The summed E-state index contributed by atoms with van der Waals surface area (Å²) in [5.41, 5.74) is -0.838. The van der Waals surface area contributed by atoms with Gasteiger partial charge in [0.15, 0.2) is 0 Å². The molecule has 2 heterocycles. The Morgan fingerprint density at radius 2 is 2.10 bits per heavy atom. The van der Waals surface area contributed by atoms with Crippen LogP contribution in [-0.2, 0) is 12.0 Å². The third-order valence-electron chi connectivity index (χ3n) is 4.10. The van der Waals surface area contributed by atoms with Crippen molar-refractivity contribution in [2.75, 3.05) is 19.7 Å². The van der Waals surface area contributed by atoms with Crippen molar-refractivity contribution in [3.63, 3.8) is 0 Å². The molecule has 7 heteroatoms. The fraction of sp³-hybridized carbons (Fsp3) is 0.500. The van der Waals surface area contributed by atoms with Crippen molar-refractivity contribution >= 4 is 11.0 Å². The van der Waals surface area contributed by atoms with Crippen molar-refractivity contribution in [3.8, 4) is 0 Å². The molecule has 21 heavy (non-hydrogen) atoms. The summed E-state index contributed by atoms with van der Waals surface area (Å²) < 4.78 is 42.6. The molecule has 2 aromatic rings. The summed E-state index contributed by atoms with van der Waals surface area (Å²) in [5.74, 6) is -0.00440. The minimum Gasteiger partial charge on any atom is -0.395 e. The Hall–Kier alpha value is -1.60. The van der Waals surface area contributed by atoms with Gasteiger partial charge >= 0.3 is 6.18 Å². The molecule has 0 spiro atoms. The minimum absolute atomic E-state index is 0.00440. The van der Waals surface area contributed by atoms with E-state index in [9.17, 15) is 18.3 Å². The third kappa shape index (κ3) is 2.11. The molecule has 114 valence electrons. The molecule has 1 aromatic heterocycles. The second kappa shape index (κ2) is 4.99. The highest BCUT2D eigenvalue weighted by Gasteiger charge is 2.59. The first-order chi connectivity index (χ1) is 9.99. The van der Waals surface area contributed by atoms with Gasteiger partial charge in [0.05, 0.1) is 17.6 Å². The van der Waals surface area contributed by atoms with Gasteiger partial charge in [0.25, 0.3) is 0 Å². The number of halogens is 3. The quantitative estimate of drug-likeness (QED) is 0.909. The van der Waals surface area contributed by atoms with Crippen LogP contribution in [0.5, 0.6) is 0 Å². The van der Waals surface area contributed by atoms with Crippen molar-refractivity contribution in [2.45, 2.75) is 24.6 Å². The van der Waals surface area contributed by atoms with Gasteiger partial charge < -0.3 is 15.0 Å². The van der Waals surface area contributed by atoms with Gasteiger partial charge in [0.1, 0.15) is 11.2 Å². The summed E-state index contributed by atoms with van der Waals surface area (Å²) in [6, 6.07) is 6.93. The van der Waals surface area contributed by atoms with E-state index in [4.69, 9.17) is 0 Å². The van der Waals surface area contributed by atoms with Crippen molar-refractivity contribution in [1.29, 1.82) is 0 Å². The summed E-state index contributed by atoms with van der Waals surface area (Å²) in [4.78, 5) is 4.24. The second-order valence-electron chi connectivity index (χ2n) is 5.31. The topological polar surface area (TPSA) is 50.1 Å². The first-order valence-corrected chi connectivity index (χ1v) is 6.84. The molecular formula is C14H16F3N3O. The number of fused-ring (bicyclic) bond motifs is 1. The third-order valence-corrected chi connectivity index (χ3v) is 4.10. The molecule has 0 bridgehead atoms. The molecule has 1 aromatic carbocycles. The van der Waals surface area contributed by atoms with E-state index < -0.39 is 11.6 Å². The van der Waals surface area contributed by atoms with Crippen LogP contribution in [0.15, 0.2) is 24.3 Å². The highest BCUT2D eigenvalue weighted by molar-refractivity contribution is 5.76. The molecule has 4 nitrogen and oxygen atoms in total. The summed E-state index contributed by atoms with van der Waals surface area (Å²) in [6.45, 7) is 0.00941. The van der Waals surface area contributed by atoms with Gasteiger partial charge in [-0.15, -0.1) is 0 Å². The fourth-order valence-electron chi connectivity index (χ4n) is 3.02. The Bertz CT molecular complexity index is 644. The van der Waals surface area contributed by atoms with E-state index in [1.165, 1.54) is 4.57 Å². The Morgan fingerprint density at radius 3 is 2.71 bits per heavy atom. The number of hydrogen-bond acceptors (Lipinski definition) is 3. The van der Waals surface area contributed by atoms with E-state index >= 15 is 0 Å². The number of nitrogens with zero attached hydrogens (tertiary/aromatic N) is 2. The van der Waals surface area contributed by atoms with Crippen LogP contribution >= 0.6 is 0 Å². The minimum atomic E-state index is -4.38. The van der Waals surface area contributed by atoms with Gasteiger partial charge in [0, 0.05) is 13.1 Å². The van der Waals surface area contributed by atoms with E-state index in [1.54, 1.807) is 24.3 Å². The molecule has 1 aliphatic heterocycles. The number of aromatic nitrogens is 2. The summed E-state index contributed by atoms with van der Waals surface area (Å²) in [5, 5.41) is 12.0. The van der Waals surface area contributed by atoms with Crippen molar-refractivity contribution in [2.24, 2.45) is 0 Å². The number of benzene rings is 1. The molecular weight excluding hydrogens is 283 g/mol. The summed E-state index contributed by atoms with van der Waals surface area (Å²) in [6.07, 6.45) is -4.42. The predicted molar refractivity (Wildman–Crippen MR) is 72.0 cm³/mol. The van der Waals surface area contributed by atoms with Gasteiger partial charge in [-0.05, 0) is 25.1 Å². The van der Waals surface area contributed by atoms with Crippen LogP contribution in [0, 0.1) is 0 Å². The van der Waals surface area contributed by atoms with Crippen LogP contribution in [0.3, 0.4) is 0 Å². The lowest BCUT2D eigenvalue weighted by atomic mass is 9.85. The summed E-state index contributed by atoms with van der Waals surface area (Å²) >= 11 is 0. The van der Waals surface area contributed by atoms with Crippen LogP contribution in [-0.4, -0.2) is 40.5 Å². The van der Waals surface area contributed by atoms with Gasteiger partial charge in [-0.2, -0.15) is 13.2 Å². The van der Waals surface area contributed by atoms with Crippen molar-refractivity contribution in [1.82, 2.24) is 14.9 Å². The smallest absolute Gasteiger partial charge is 0.395 e. The lowest BCUT2D eigenvalue weighted by Gasteiger charge is -2.30. The number of imidazole rings is 1. The highest BCUT2D eigenvalue weighted by atomic mass is 19.4. The highest BCUT2D eigenvalue weighted by Crippen LogP contribution is 2.45.